The molecule has 5 nitrogen and oxygen atoms in total. The molecule has 0 aliphatic carbocycles. The first-order valence-corrected chi connectivity index (χ1v) is 6.41. The van der Waals surface area contributed by atoms with Crippen LogP contribution in [-0.2, 0) is 0 Å². The first-order valence-electron chi connectivity index (χ1n) is 6.41. The van der Waals surface area contributed by atoms with E-state index in [1.54, 1.807) is 30.5 Å². The zero-order chi connectivity index (χ0) is 14.7. The van der Waals surface area contributed by atoms with Crippen LogP contribution in [0.3, 0.4) is 0 Å². The number of hydrogen-bond acceptors (Lipinski definition) is 3. The summed E-state index contributed by atoms with van der Waals surface area (Å²) in [6, 6.07) is 12.0. The van der Waals surface area contributed by atoms with Gasteiger partial charge in [-0.15, -0.1) is 0 Å². The Hall–Kier alpha value is -3.08. The molecule has 0 aliphatic heterocycles. The van der Waals surface area contributed by atoms with Crippen molar-refractivity contribution in [3.63, 3.8) is 0 Å². The molecule has 0 fully saturated rings. The zero-order valence-electron chi connectivity index (χ0n) is 11.1. The van der Waals surface area contributed by atoms with E-state index in [2.05, 4.69) is 10.3 Å². The molecule has 3 rings (SSSR count). The molecule has 0 saturated carbocycles. The van der Waals surface area contributed by atoms with Gasteiger partial charge in [0.05, 0.1) is 17.4 Å². The molecule has 1 amide bonds. The molecule has 0 radical (unpaired) electrons. The van der Waals surface area contributed by atoms with E-state index in [-0.39, 0.29) is 11.7 Å². The number of rotatable bonds is 3. The number of phenols is 1. The lowest BCUT2D eigenvalue weighted by Gasteiger charge is -2.07. The molecule has 0 atom stereocenters. The summed E-state index contributed by atoms with van der Waals surface area (Å²) in [5.41, 5.74) is 1.79. The minimum absolute atomic E-state index is 0.104. The van der Waals surface area contributed by atoms with Gasteiger partial charge in [0.1, 0.15) is 5.75 Å². The Morgan fingerprint density at radius 2 is 1.90 bits per heavy atom. The summed E-state index contributed by atoms with van der Waals surface area (Å²) in [6.45, 7) is 0. The number of hydrogen-bond donors (Lipinski definition) is 2. The Balaban J connectivity index is 1.83. The Bertz CT molecular complexity index is 767. The normalized spacial score (nSPS) is 10.3. The largest absolute Gasteiger partial charge is 0.508 e. The Kier molecular flexibility index (Phi) is 3.39. The minimum atomic E-state index is -0.276. The first kappa shape index (κ1) is 12.9. The van der Waals surface area contributed by atoms with E-state index in [1.807, 2.05) is 29.1 Å². The molecule has 2 N–H and O–H groups in total. The maximum atomic E-state index is 12.2. The van der Waals surface area contributed by atoms with E-state index in [1.165, 1.54) is 12.3 Å². The van der Waals surface area contributed by atoms with Crippen molar-refractivity contribution in [2.75, 3.05) is 5.32 Å². The lowest BCUT2D eigenvalue weighted by atomic mass is 10.2. The smallest absolute Gasteiger partial charge is 0.257 e. The minimum Gasteiger partial charge on any atom is -0.508 e. The monoisotopic (exact) mass is 279 g/mol. The SMILES string of the molecule is O=C(Nc1cccc(O)c1)c1cncc(-n2cccc2)c1. The predicted octanol–water partition coefficient (Wildman–Crippen LogP) is 2.83. The van der Waals surface area contributed by atoms with Gasteiger partial charge in [0, 0.05) is 30.3 Å². The van der Waals surface area contributed by atoms with Crippen LogP contribution in [0.2, 0.25) is 0 Å². The Labute approximate surface area is 121 Å². The molecule has 104 valence electrons. The van der Waals surface area contributed by atoms with Crippen molar-refractivity contribution in [2.45, 2.75) is 0 Å². The zero-order valence-corrected chi connectivity index (χ0v) is 11.1. The fourth-order valence-corrected chi connectivity index (χ4v) is 1.99. The van der Waals surface area contributed by atoms with Gasteiger partial charge in [0.15, 0.2) is 0 Å². The number of aromatic nitrogens is 2. The van der Waals surface area contributed by atoms with Crippen LogP contribution in [0.4, 0.5) is 5.69 Å². The molecule has 0 saturated heterocycles. The van der Waals surface area contributed by atoms with Gasteiger partial charge in [-0.1, -0.05) is 6.07 Å². The third-order valence-corrected chi connectivity index (χ3v) is 2.99. The predicted molar refractivity (Wildman–Crippen MR) is 79.6 cm³/mol. The van der Waals surface area contributed by atoms with Gasteiger partial charge in [0.2, 0.25) is 0 Å². The number of nitrogens with one attached hydrogen (secondary N) is 1. The molecule has 0 bridgehead atoms. The fourth-order valence-electron chi connectivity index (χ4n) is 1.99. The number of phenolic OH excluding ortho intramolecular Hbond substituents is 1. The summed E-state index contributed by atoms with van der Waals surface area (Å²) in [5, 5.41) is 12.1. The average molecular weight is 279 g/mol. The highest BCUT2D eigenvalue weighted by Crippen LogP contribution is 2.17. The van der Waals surface area contributed by atoms with Gasteiger partial charge >= 0.3 is 0 Å². The number of carbonyl (C=O) groups is 1. The molecule has 5 heteroatoms. The molecule has 21 heavy (non-hydrogen) atoms. The second-order valence-corrected chi connectivity index (χ2v) is 4.53. The van der Waals surface area contributed by atoms with Crippen LogP contribution in [0, 0.1) is 0 Å². The van der Waals surface area contributed by atoms with Crippen molar-refractivity contribution in [3.8, 4) is 11.4 Å². The molecular weight excluding hydrogens is 266 g/mol. The molecule has 1 aromatic carbocycles. The van der Waals surface area contributed by atoms with Gasteiger partial charge in [-0.3, -0.25) is 9.78 Å². The molecule has 2 heterocycles. The van der Waals surface area contributed by atoms with E-state index < -0.39 is 0 Å². The summed E-state index contributed by atoms with van der Waals surface area (Å²) < 4.78 is 1.87. The number of anilines is 1. The summed E-state index contributed by atoms with van der Waals surface area (Å²) >= 11 is 0. The van der Waals surface area contributed by atoms with Crippen molar-refractivity contribution < 1.29 is 9.90 Å². The maximum absolute atomic E-state index is 12.2. The van der Waals surface area contributed by atoms with Crippen LogP contribution in [-0.4, -0.2) is 20.6 Å². The summed E-state index contributed by atoms with van der Waals surface area (Å²) in [7, 11) is 0. The molecule has 0 aliphatic rings. The second-order valence-electron chi connectivity index (χ2n) is 4.53. The van der Waals surface area contributed by atoms with Crippen LogP contribution in [0.15, 0.2) is 67.3 Å². The lowest BCUT2D eigenvalue weighted by molar-refractivity contribution is 0.102. The van der Waals surface area contributed by atoms with Crippen LogP contribution >= 0.6 is 0 Å². The maximum Gasteiger partial charge on any atom is 0.257 e. The van der Waals surface area contributed by atoms with E-state index in [9.17, 15) is 9.90 Å². The topological polar surface area (TPSA) is 67.2 Å². The number of nitrogens with zero attached hydrogens (tertiary/aromatic N) is 2. The number of pyridine rings is 1. The number of aromatic hydroxyl groups is 1. The first-order chi connectivity index (χ1) is 10.2. The van der Waals surface area contributed by atoms with E-state index in [4.69, 9.17) is 0 Å². The summed E-state index contributed by atoms with van der Waals surface area (Å²) in [4.78, 5) is 16.3. The van der Waals surface area contributed by atoms with Gasteiger partial charge < -0.3 is 15.0 Å². The lowest BCUT2D eigenvalue weighted by Crippen LogP contribution is -2.12. The molecule has 0 spiro atoms. The number of carbonyl (C=O) groups excluding carboxylic acids is 1. The quantitative estimate of drug-likeness (QED) is 0.774. The third kappa shape index (κ3) is 2.92. The van der Waals surface area contributed by atoms with E-state index in [0.29, 0.717) is 11.3 Å². The molecule has 0 unspecified atom stereocenters. The van der Waals surface area contributed by atoms with Crippen LogP contribution in [0.1, 0.15) is 10.4 Å². The van der Waals surface area contributed by atoms with Crippen LogP contribution in [0.5, 0.6) is 5.75 Å². The molecule has 2 aromatic heterocycles. The van der Waals surface area contributed by atoms with Gasteiger partial charge in [0.25, 0.3) is 5.91 Å². The van der Waals surface area contributed by atoms with Gasteiger partial charge in [-0.25, -0.2) is 0 Å². The highest BCUT2D eigenvalue weighted by Gasteiger charge is 2.08. The molecular formula is C16H13N3O2. The number of benzene rings is 1. The van der Waals surface area contributed by atoms with E-state index in [0.717, 1.165) is 5.69 Å². The summed E-state index contributed by atoms with van der Waals surface area (Å²) in [6.07, 6.45) is 6.96. The average Bonchev–Trinajstić information content (AvgIpc) is 3.02. The van der Waals surface area contributed by atoms with Crippen molar-refractivity contribution in [1.82, 2.24) is 9.55 Å². The van der Waals surface area contributed by atoms with Gasteiger partial charge in [-0.05, 0) is 30.3 Å². The fraction of sp³-hybridized carbons (Fsp3) is 0. The van der Waals surface area contributed by atoms with E-state index >= 15 is 0 Å². The molecule has 3 aromatic rings. The third-order valence-electron chi connectivity index (χ3n) is 2.99. The summed E-state index contributed by atoms with van der Waals surface area (Å²) in [5.74, 6) is -0.172. The highest BCUT2D eigenvalue weighted by molar-refractivity contribution is 6.04. The van der Waals surface area contributed by atoms with Gasteiger partial charge in [-0.2, -0.15) is 0 Å². The van der Waals surface area contributed by atoms with Crippen molar-refractivity contribution in [2.24, 2.45) is 0 Å². The van der Waals surface area contributed by atoms with Crippen molar-refractivity contribution in [3.05, 3.63) is 72.8 Å². The second kappa shape index (κ2) is 5.50. The standard InChI is InChI=1S/C16H13N3O2/c20-15-5-3-4-13(9-15)18-16(21)12-8-14(11-17-10-12)19-6-1-2-7-19/h1-11,20H,(H,18,21). The Morgan fingerprint density at radius 1 is 1.10 bits per heavy atom. The highest BCUT2D eigenvalue weighted by atomic mass is 16.3. The van der Waals surface area contributed by atoms with Crippen molar-refractivity contribution in [1.29, 1.82) is 0 Å². The number of amides is 1. The van der Waals surface area contributed by atoms with Crippen LogP contribution < -0.4 is 5.32 Å². The van der Waals surface area contributed by atoms with Crippen molar-refractivity contribution >= 4 is 11.6 Å². The van der Waals surface area contributed by atoms with Crippen LogP contribution in [0.25, 0.3) is 5.69 Å². The Morgan fingerprint density at radius 3 is 2.67 bits per heavy atom.